The molecule has 23 heavy (non-hydrogen) atoms. The molecule has 0 radical (unpaired) electrons. The molecule has 2 fully saturated rings. The first-order valence-electron chi connectivity index (χ1n) is 8.12. The molecule has 0 spiro atoms. The molecular formula is C16H27N3O4. The van der Waals surface area contributed by atoms with E-state index in [1.54, 1.807) is 7.11 Å². The molecule has 0 aliphatic carbocycles. The van der Waals surface area contributed by atoms with Gasteiger partial charge in [-0.05, 0) is 27.7 Å². The number of methoxy groups -OCH3 is 1. The van der Waals surface area contributed by atoms with Crippen molar-refractivity contribution in [3.05, 3.63) is 11.8 Å². The zero-order chi connectivity index (χ0) is 16.7. The van der Waals surface area contributed by atoms with Gasteiger partial charge in [0.05, 0.1) is 31.0 Å². The Morgan fingerprint density at radius 1 is 1.13 bits per heavy atom. The van der Waals surface area contributed by atoms with E-state index in [1.165, 1.54) is 0 Å². The molecule has 1 aromatic rings. The van der Waals surface area contributed by atoms with Crippen LogP contribution in [0.2, 0.25) is 0 Å². The quantitative estimate of drug-likeness (QED) is 0.835. The van der Waals surface area contributed by atoms with Gasteiger partial charge < -0.3 is 18.6 Å². The summed E-state index contributed by atoms with van der Waals surface area (Å²) >= 11 is 0. The number of ether oxygens (including phenoxy) is 3. The normalized spacial score (nSPS) is 30.7. The first-order valence-corrected chi connectivity index (χ1v) is 8.12. The molecule has 0 amide bonds. The Balaban J connectivity index is 1.72. The molecule has 2 aliphatic heterocycles. The predicted molar refractivity (Wildman–Crippen MR) is 82.9 cm³/mol. The summed E-state index contributed by atoms with van der Waals surface area (Å²) in [5, 5.41) is 8.41. The minimum atomic E-state index is -0.588. The fourth-order valence-corrected chi connectivity index (χ4v) is 3.71. The maximum atomic E-state index is 6.10. The average Bonchev–Trinajstić information content (AvgIpc) is 3.03. The number of morpholine rings is 1. The Morgan fingerprint density at radius 3 is 2.39 bits per heavy atom. The summed E-state index contributed by atoms with van der Waals surface area (Å²) in [4.78, 5) is 2.30. The van der Waals surface area contributed by atoms with E-state index in [9.17, 15) is 0 Å². The van der Waals surface area contributed by atoms with Crippen LogP contribution in [0.25, 0.3) is 0 Å². The van der Waals surface area contributed by atoms with Crippen LogP contribution in [0.1, 0.15) is 45.9 Å². The predicted octanol–water partition coefficient (Wildman–Crippen LogP) is 1.72. The van der Waals surface area contributed by atoms with E-state index in [0.29, 0.717) is 31.5 Å². The third-order valence-corrected chi connectivity index (χ3v) is 4.35. The molecule has 130 valence electrons. The number of nitrogens with zero attached hydrogens (tertiary/aromatic N) is 3. The highest BCUT2D eigenvalue weighted by atomic mass is 16.6. The molecule has 0 N–H and O–H groups in total. The van der Waals surface area contributed by atoms with Crippen molar-refractivity contribution in [1.29, 1.82) is 0 Å². The minimum Gasteiger partial charge on any atom is -0.421 e. The van der Waals surface area contributed by atoms with Gasteiger partial charge in [-0.25, -0.2) is 0 Å². The van der Waals surface area contributed by atoms with E-state index in [4.69, 9.17) is 18.6 Å². The maximum Gasteiger partial charge on any atom is 0.250 e. The van der Waals surface area contributed by atoms with Gasteiger partial charge in [-0.1, -0.05) is 0 Å². The molecular weight excluding hydrogens is 298 g/mol. The second kappa shape index (κ2) is 5.81. The summed E-state index contributed by atoms with van der Waals surface area (Å²) in [5.41, 5.74) is -0.982. The lowest BCUT2D eigenvalue weighted by Gasteiger charge is -2.46. The Kier molecular flexibility index (Phi) is 4.25. The van der Waals surface area contributed by atoms with Crippen molar-refractivity contribution in [2.45, 2.75) is 57.5 Å². The van der Waals surface area contributed by atoms with Gasteiger partial charge in [0.1, 0.15) is 0 Å². The lowest BCUT2D eigenvalue weighted by atomic mass is 9.99. The molecule has 1 aromatic heterocycles. The van der Waals surface area contributed by atoms with Crippen LogP contribution in [-0.4, -0.2) is 59.7 Å². The number of hydrogen-bond acceptors (Lipinski definition) is 7. The van der Waals surface area contributed by atoms with Crippen molar-refractivity contribution in [3.8, 4) is 0 Å². The molecule has 0 aromatic carbocycles. The van der Waals surface area contributed by atoms with Gasteiger partial charge >= 0.3 is 0 Å². The molecule has 3 heterocycles. The largest absolute Gasteiger partial charge is 0.421 e. The Morgan fingerprint density at radius 2 is 1.83 bits per heavy atom. The average molecular weight is 325 g/mol. The zero-order valence-corrected chi connectivity index (χ0v) is 14.7. The van der Waals surface area contributed by atoms with Crippen LogP contribution in [0.3, 0.4) is 0 Å². The number of aromatic nitrogens is 2. The fraction of sp³-hybridized carbons (Fsp3) is 0.875. The first kappa shape index (κ1) is 16.8. The third kappa shape index (κ3) is 3.57. The molecule has 1 unspecified atom stereocenters. The van der Waals surface area contributed by atoms with Gasteiger partial charge in [0.15, 0.2) is 5.60 Å². The number of hydrogen-bond donors (Lipinski definition) is 0. The Bertz CT molecular complexity index is 533. The van der Waals surface area contributed by atoms with Gasteiger partial charge in [-0.15, -0.1) is 10.2 Å². The van der Waals surface area contributed by atoms with Crippen molar-refractivity contribution < 1.29 is 18.6 Å². The van der Waals surface area contributed by atoms with Crippen molar-refractivity contribution >= 4 is 0 Å². The zero-order valence-electron chi connectivity index (χ0n) is 14.7. The standard InChI is InChI=1S/C16H27N3O4/c1-14(2)9-19(10-15(3,4)23-14)8-12-17-18-13(22-12)16(20-5)6-7-21-11-16/h6-11H2,1-5H3. The molecule has 7 nitrogen and oxygen atoms in total. The van der Waals surface area contributed by atoms with E-state index in [1.807, 2.05) is 0 Å². The summed E-state index contributed by atoms with van der Waals surface area (Å²) in [7, 11) is 1.66. The summed E-state index contributed by atoms with van der Waals surface area (Å²) in [6, 6.07) is 0. The van der Waals surface area contributed by atoms with Crippen LogP contribution in [0.5, 0.6) is 0 Å². The lowest BCUT2D eigenvalue weighted by molar-refractivity contribution is -0.183. The summed E-state index contributed by atoms with van der Waals surface area (Å²) in [6.07, 6.45) is 0.739. The van der Waals surface area contributed by atoms with E-state index < -0.39 is 5.60 Å². The molecule has 7 heteroatoms. The SMILES string of the molecule is COC1(c2nnc(CN3CC(C)(C)OC(C)(C)C3)o2)CCOC1. The van der Waals surface area contributed by atoms with Gasteiger partial charge in [0.2, 0.25) is 5.89 Å². The Labute approximate surface area is 137 Å². The third-order valence-electron chi connectivity index (χ3n) is 4.35. The summed E-state index contributed by atoms with van der Waals surface area (Å²) < 4.78 is 23.0. The fourth-order valence-electron chi connectivity index (χ4n) is 3.71. The van der Waals surface area contributed by atoms with Crippen LogP contribution in [0.15, 0.2) is 4.42 Å². The Hall–Kier alpha value is -1.02. The van der Waals surface area contributed by atoms with E-state index in [0.717, 1.165) is 19.5 Å². The van der Waals surface area contributed by atoms with Crippen molar-refractivity contribution in [2.24, 2.45) is 0 Å². The van der Waals surface area contributed by atoms with Crippen LogP contribution >= 0.6 is 0 Å². The van der Waals surface area contributed by atoms with E-state index in [2.05, 4.69) is 42.8 Å². The van der Waals surface area contributed by atoms with Gasteiger partial charge in [0.25, 0.3) is 5.89 Å². The topological polar surface area (TPSA) is 69.9 Å². The molecule has 3 rings (SSSR count). The highest BCUT2D eigenvalue weighted by Gasteiger charge is 2.43. The summed E-state index contributed by atoms with van der Waals surface area (Å²) in [5.74, 6) is 1.12. The molecule has 0 bridgehead atoms. The van der Waals surface area contributed by atoms with Crippen LogP contribution in [0, 0.1) is 0 Å². The van der Waals surface area contributed by atoms with Crippen LogP contribution in [-0.2, 0) is 26.4 Å². The monoisotopic (exact) mass is 325 g/mol. The molecule has 2 saturated heterocycles. The van der Waals surface area contributed by atoms with Gasteiger partial charge in [0, 0.05) is 26.6 Å². The second-order valence-electron chi connectivity index (χ2n) is 7.77. The smallest absolute Gasteiger partial charge is 0.250 e. The van der Waals surface area contributed by atoms with Gasteiger partial charge in [-0.3, -0.25) is 4.90 Å². The maximum absolute atomic E-state index is 6.10. The van der Waals surface area contributed by atoms with Crippen LogP contribution in [0.4, 0.5) is 0 Å². The van der Waals surface area contributed by atoms with Crippen molar-refractivity contribution in [2.75, 3.05) is 33.4 Å². The van der Waals surface area contributed by atoms with E-state index in [-0.39, 0.29) is 11.2 Å². The first-order chi connectivity index (χ1) is 10.7. The molecule has 2 aliphatic rings. The van der Waals surface area contributed by atoms with Crippen molar-refractivity contribution in [3.63, 3.8) is 0 Å². The highest BCUT2D eigenvalue weighted by molar-refractivity contribution is 5.01. The number of rotatable bonds is 4. The molecule has 0 saturated carbocycles. The lowest BCUT2D eigenvalue weighted by Crippen LogP contribution is -2.56. The van der Waals surface area contributed by atoms with Crippen LogP contribution < -0.4 is 0 Å². The van der Waals surface area contributed by atoms with Gasteiger partial charge in [-0.2, -0.15) is 0 Å². The molecule has 1 atom stereocenters. The minimum absolute atomic E-state index is 0.197. The summed E-state index contributed by atoms with van der Waals surface area (Å²) in [6.45, 7) is 11.8. The highest BCUT2D eigenvalue weighted by Crippen LogP contribution is 2.33. The van der Waals surface area contributed by atoms with Crippen molar-refractivity contribution in [1.82, 2.24) is 15.1 Å². The second-order valence-corrected chi connectivity index (χ2v) is 7.77. The van der Waals surface area contributed by atoms with E-state index >= 15 is 0 Å².